The van der Waals surface area contributed by atoms with Crippen molar-refractivity contribution in [1.29, 1.82) is 0 Å². The van der Waals surface area contributed by atoms with Gasteiger partial charge in [-0.1, -0.05) is 51.3 Å². The molecule has 39 heavy (non-hydrogen) atoms. The van der Waals surface area contributed by atoms with Crippen molar-refractivity contribution in [3.8, 4) is 0 Å². The van der Waals surface area contributed by atoms with Gasteiger partial charge in [-0.05, 0) is 36.3 Å². The minimum Gasteiger partial charge on any atom is -0.370 e. The first-order chi connectivity index (χ1) is 18.7. The van der Waals surface area contributed by atoms with Crippen LogP contribution in [-0.4, -0.2) is 59.2 Å². The second kappa shape index (κ2) is 14.3. The molecule has 0 unspecified atom stereocenters. The second-order valence-electron chi connectivity index (χ2n) is 10.3. The van der Waals surface area contributed by atoms with Gasteiger partial charge in [0.1, 0.15) is 12.1 Å². The number of aromatic nitrogens is 1. The summed E-state index contributed by atoms with van der Waals surface area (Å²) in [5.74, 6) is -2.13. The summed E-state index contributed by atoms with van der Waals surface area (Å²) in [4.78, 5) is 66.5. The molecule has 1 aromatic carbocycles. The van der Waals surface area contributed by atoms with Crippen molar-refractivity contribution in [2.24, 2.45) is 11.7 Å². The molecule has 2 heterocycles. The molecule has 1 aliphatic rings. The number of para-hydroxylation sites is 1. The number of nitrogens with one attached hydrogen (secondary N) is 5. The summed E-state index contributed by atoms with van der Waals surface area (Å²) >= 11 is 0. The van der Waals surface area contributed by atoms with Gasteiger partial charge in [0.2, 0.25) is 29.5 Å². The number of rotatable bonds is 10. The summed E-state index contributed by atoms with van der Waals surface area (Å²) in [6.45, 7) is 3.65. The first kappa shape index (κ1) is 29.7. The normalized spacial score (nSPS) is 21.9. The van der Waals surface area contributed by atoms with Crippen LogP contribution in [0.2, 0.25) is 0 Å². The number of primary amides is 1. The number of nitrogens with two attached hydrogens (primary N) is 1. The number of hydrogen-bond acceptors (Lipinski definition) is 5. The topological polar surface area (TPSA) is 175 Å². The molecule has 212 valence electrons. The zero-order chi connectivity index (χ0) is 28.4. The number of carbonyl (C=O) groups is 5. The van der Waals surface area contributed by atoms with Crippen LogP contribution in [0.5, 0.6) is 0 Å². The average Bonchev–Trinajstić information content (AvgIpc) is 3.31. The molecule has 1 fully saturated rings. The van der Waals surface area contributed by atoms with E-state index in [1.54, 1.807) is 0 Å². The van der Waals surface area contributed by atoms with Crippen LogP contribution in [0.15, 0.2) is 30.3 Å². The van der Waals surface area contributed by atoms with Gasteiger partial charge in [-0.3, -0.25) is 24.0 Å². The van der Waals surface area contributed by atoms with Gasteiger partial charge in [0, 0.05) is 36.5 Å². The van der Waals surface area contributed by atoms with Gasteiger partial charge in [-0.15, -0.1) is 0 Å². The Hall–Kier alpha value is -3.89. The number of fused-ring (bicyclic) bond motifs is 1. The Bertz CT molecular complexity index is 1150. The van der Waals surface area contributed by atoms with Crippen LogP contribution in [0, 0.1) is 5.92 Å². The molecule has 11 nitrogen and oxygen atoms in total. The predicted molar refractivity (Wildman–Crippen MR) is 147 cm³/mol. The van der Waals surface area contributed by atoms with Crippen LogP contribution < -0.4 is 27.0 Å². The van der Waals surface area contributed by atoms with Crippen LogP contribution in [0.4, 0.5) is 0 Å². The monoisotopic (exact) mass is 540 g/mol. The second-order valence-corrected chi connectivity index (χ2v) is 10.3. The van der Waals surface area contributed by atoms with Crippen molar-refractivity contribution in [2.75, 3.05) is 6.54 Å². The van der Waals surface area contributed by atoms with Gasteiger partial charge in [0.15, 0.2) is 0 Å². The smallest absolute Gasteiger partial charge is 0.243 e. The quantitative estimate of drug-likeness (QED) is 0.248. The highest BCUT2D eigenvalue weighted by molar-refractivity contribution is 5.94. The van der Waals surface area contributed by atoms with Gasteiger partial charge < -0.3 is 32.0 Å². The molecule has 0 aliphatic carbocycles. The lowest BCUT2D eigenvalue weighted by molar-refractivity contribution is -0.132. The molecular formula is C28H40N6O5. The molecule has 0 bridgehead atoms. The minimum absolute atomic E-state index is 0.00349. The Labute approximate surface area is 228 Å². The van der Waals surface area contributed by atoms with E-state index >= 15 is 0 Å². The fourth-order valence-electron chi connectivity index (χ4n) is 4.70. The predicted octanol–water partition coefficient (Wildman–Crippen LogP) is 1.17. The molecule has 2 aromatic rings. The van der Waals surface area contributed by atoms with Gasteiger partial charge in [-0.2, -0.15) is 0 Å². The zero-order valence-electron chi connectivity index (χ0n) is 22.7. The summed E-state index contributed by atoms with van der Waals surface area (Å²) in [7, 11) is 0. The first-order valence-electron chi connectivity index (χ1n) is 13.7. The number of benzene rings is 1. The van der Waals surface area contributed by atoms with Gasteiger partial charge in [0.05, 0.1) is 6.54 Å². The molecule has 5 amide bonds. The molecule has 0 spiro atoms. The first-order valence-corrected chi connectivity index (χ1v) is 13.7. The van der Waals surface area contributed by atoms with E-state index in [-0.39, 0.29) is 43.5 Å². The van der Waals surface area contributed by atoms with Crippen molar-refractivity contribution >= 4 is 40.4 Å². The van der Waals surface area contributed by atoms with E-state index in [1.807, 2.05) is 44.2 Å². The lowest BCUT2D eigenvalue weighted by Gasteiger charge is -2.27. The SMILES string of the molecule is CC[C@H](C)[C@H]1CC(=O)NCC(=O)N[C@@H](CCCCCC(N)=O)C(=O)N[C@@H](Cc2cc3ccccc3[nH]2)C(=O)N1. The fourth-order valence-corrected chi connectivity index (χ4v) is 4.70. The highest BCUT2D eigenvalue weighted by Gasteiger charge is 2.31. The van der Waals surface area contributed by atoms with Crippen LogP contribution in [0.25, 0.3) is 10.9 Å². The average molecular weight is 541 g/mol. The van der Waals surface area contributed by atoms with E-state index in [2.05, 4.69) is 26.3 Å². The van der Waals surface area contributed by atoms with Crippen LogP contribution in [0.3, 0.4) is 0 Å². The van der Waals surface area contributed by atoms with E-state index in [0.29, 0.717) is 25.7 Å². The maximum absolute atomic E-state index is 13.6. The van der Waals surface area contributed by atoms with Crippen molar-refractivity contribution in [3.05, 3.63) is 36.0 Å². The van der Waals surface area contributed by atoms with Crippen LogP contribution >= 0.6 is 0 Å². The van der Waals surface area contributed by atoms with Crippen LogP contribution in [-0.2, 0) is 30.4 Å². The number of H-pyrrole nitrogens is 1. The largest absolute Gasteiger partial charge is 0.370 e. The number of amides is 5. The highest BCUT2D eigenvalue weighted by Crippen LogP contribution is 2.17. The lowest BCUT2D eigenvalue weighted by Crippen LogP contribution is -2.56. The van der Waals surface area contributed by atoms with E-state index in [1.165, 1.54) is 0 Å². The zero-order valence-corrected chi connectivity index (χ0v) is 22.7. The molecule has 3 rings (SSSR count). The van der Waals surface area contributed by atoms with Gasteiger partial charge in [0.25, 0.3) is 0 Å². The molecule has 1 aromatic heterocycles. The summed E-state index contributed by atoms with van der Waals surface area (Å²) in [6, 6.07) is 7.36. The number of unbranched alkanes of at least 4 members (excludes halogenated alkanes) is 2. The summed E-state index contributed by atoms with van der Waals surface area (Å²) in [5, 5.41) is 12.1. The Balaban J connectivity index is 1.84. The third-order valence-electron chi connectivity index (χ3n) is 7.22. The Kier molecular flexibility index (Phi) is 10.9. The molecule has 1 aliphatic heterocycles. The summed E-state index contributed by atoms with van der Waals surface area (Å²) in [5.41, 5.74) is 6.88. The third-order valence-corrected chi connectivity index (χ3v) is 7.22. The van der Waals surface area contributed by atoms with E-state index in [4.69, 9.17) is 5.73 Å². The number of hydrogen-bond donors (Lipinski definition) is 6. The molecular weight excluding hydrogens is 500 g/mol. The Morgan fingerprint density at radius 1 is 0.974 bits per heavy atom. The molecule has 4 atom stereocenters. The van der Waals surface area contributed by atoms with E-state index in [0.717, 1.165) is 23.0 Å². The van der Waals surface area contributed by atoms with E-state index < -0.39 is 35.8 Å². The molecule has 1 saturated heterocycles. The Morgan fingerprint density at radius 3 is 2.44 bits per heavy atom. The third kappa shape index (κ3) is 9.12. The molecule has 7 N–H and O–H groups in total. The molecule has 11 heteroatoms. The maximum atomic E-state index is 13.6. The summed E-state index contributed by atoms with van der Waals surface area (Å²) < 4.78 is 0. The lowest BCUT2D eigenvalue weighted by atomic mass is 9.95. The van der Waals surface area contributed by atoms with Crippen molar-refractivity contribution in [1.82, 2.24) is 26.3 Å². The van der Waals surface area contributed by atoms with Gasteiger partial charge in [-0.25, -0.2) is 0 Å². The molecule has 0 saturated carbocycles. The highest BCUT2D eigenvalue weighted by atomic mass is 16.2. The standard InChI is InChI=1S/C28H40N6O5/c1-3-17(2)22-15-25(36)30-16-26(37)32-21(11-5-4-6-12-24(29)35)27(38)34-23(28(39)33-22)14-19-13-18-9-7-8-10-20(18)31-19/h7-10,13,17,21-23,31H,3-6,11-12,14-16H2,1-2H3,(H2,29,35)(H,30,36)(H,32,37)(H,33,39)(H,34,38)/t17-,21-,22+,23-/m0/s1. The maximum Gasteiger partial charge on any atom is 0.243 e. The van der Waals surface area contributed by atoms with Crippen molar-refractivity contribution < 1.29 is 24.0 Å². The summed E-state index contributed by atoms with van der Waals surface area (Å²) in [6.07, 6.45) is 3.29. The molecule has 0 radical (unpaired) electrons. The fraction of sp³-hybridized carbons (Fsp3) is 0.536. The number of aromatic amines is 1. The van der Waals surface area contributed by atoms with Crippen LogP contribution in [0.1, 0.15) is 64.5 Å². The van der Waals surface area contributed by atoms with Gasteiger partial charge >= 0.3 is 0 Å². The minimum atomic E-state index is -0.935. The van der Waals surface area contributed by atoms with E-state index in [9.17, 15) is 24.0 Å². The Morgan fingerprint density at radius 2 is 1.72 bits per heavy atom. The number of carbonyl (C=O) groups excluding carboxylic acids is 5. The van der Waals surface area contributed by atoms with Crippen molar-refractivity contribution in [2.45, 2.75) is 83.3 Å². The van der Waals surface area contributed by atoms with Crippen molar-refractivity contribution in [3.63, 3.8) is 0 Å².